The van der Waals surface area contributed by atoms with Crippen LogP contribution in [0, 0.1) is 0 Å². The van der Waals surface area contributed by atoms with Crippen molar-refractivity contribution in [1.29, 1.82) is 0 Å². The van der Waals surface area contributed by atoms with E-state index < -0.39 is 67.3 Å². The lowest BCUT2D eigenvalue weighted by Crippen LogP contribution is -2.61. The summed E-state index contributed by atoms with van der Waals surface area (Å²) in [7, 11) is 0. The first-order chi connectivity index (χ1) is 40.6. The summed E-state index contributed by atoms with van der Waals surface area (Å²) in [6.07, 6.45) is 68.4. The van der Waals surface area contributed by atoms with E-state index in [0.717, 1.165) is 122 Å². The fourth-order valence-electron chi connectivity index (χ4n) is 8.83. The molecule has 0 saturated carbocycles. The second kappa shape index (κ2) is 57.3. The van der Waals surface area contributed by atoms with E-state index in [1.54, 1.807) is 0 Å². The van der Waals surface area contributed by atoms with Crippen LogP contribution in [-0.2, 0) is 42.9 Å². The average molecular weight is 1160 g/mol. The lowest BCUT2D eigenvalue weighted by molar-refractivity contribution is -0.301. The van der Waals surface area contributed by atoms with Crippen molar-refractivity contribution in [2.45, 2.75) is 276 Å². The van der Waals surface area contributed by atoms with Gasteiger partial charge in [0.05, 0.1) is 6.61 Å². The molecule has 468 valence electrons. The van der Waals surface area contributed by atoms with Crippen LogP contribution in [0.5, 0.6) is 0 Å². The summed E-state index contributed by atoms with van der Waals surface area (Å²) in [6.45, 7) is 5.69. The topological polar surface area (TPSA) is 175 Å². The number of rotatable bonds is 53. The minimum Gasteiger partial charge on any atom is -0.479 e. The van der Waals surface area contributed by atoms with Gasteiger partial charge in [0.25, 0.3) is 0 Å². The number of carboxylic acid groups (broad SMARTS) is 1. The van der Waals surface area contributed by atoms with Gasteiger partial charge in [-0.2, -0.15) is 0 Å². The van der Waals surface area contributed by atoms with Crippen molar-refractivity contribution in [3.05, 3.63) is 134 Å². The number of aliphatic carboxylic acids is 1. The largest absolute Gasteiger partial charge is 0.479 e. The van der Waals surface area contributed by atoms with Gasteiger partial charge in [-0.25, -0.2) is 4.79 Å². The number of carbonyl (C=O) groups is 4. The summed E-state index contributed by atoms with van der Waals surface area (Å²) in [5.74, 6) is -3.24. The normalized spacial score (nSPS) is 18.5. The van der Waals surface area contributed by atoms with Gasteiger partial charge in [-0.15, -0.1) is 0 Å². The molecular formula is C71H112O12. The van der Waals surface area contributed by atoms with Crippen LogP contribution in [-0.4, -0.2) is 89.2 Å². The van der Waals surface area contributed by atoms with E-state index in [0.29, 0.717) is 25.7 Å². The van der Waals surface area contributed by atoms with Crippen LogP contribution in [0.1, 0.15) is 239 Å². The second-order valence-electron chi connectivity index (χ2n) is 21.3. The highest BCUT2D eigenvalue weighted by atomic mass is 16.7. The molecule has 0 spiro atoms. The van der Waals surface area contributed by atoms with E-state index in [2.05, 4.69) is 154 Å². The van der Waals surface area contributed by atoms with Crippen LogP contribution in [0.2, 0.25) is 0 Å². The standard InChI is InChI=1S/C71H112O12/c1-4-7-10-13-16-19-22-25-28-30-32-34-37-39-42-45-48-51-54-57-63(72)79-60-62(81-64(73)58-55-52-49-46-43-41-38-35-33-31-29-26-23-20-17-14-11-8-5-2)61-80-71-69(67(76)66(75)68(83-71)70(77)78)82-65(74)59-56-53-50-47-44-40-36-27-24-21-18-15-12-9-6-3/h7,9-10,12,16-21,25-29,32,34,36,39,42,44,47,62,66-69,71,75-76H,4-6,8,11,13-15,22-24,30-31,33,35,37-38,40-41,43,45-46,48-61H2,1-3H3,(H,77,78)/b10-7-,12-9-,19-16-,20-17-,21-18-,28-25-,29-26-,34-32-,36-27-,42-39-,47-44-. The molecule has 1 heterocycles. The Hall–Kier alpha value is -5.14. The fourth-order valence-corrected chi connectivity index (χ4v) is 8.83. The highest BCUT2D eigenvalue weighted by Crippen LogP contribution is 2.26. The molecule has 6 unspecified atom stereocenters. The minimum absolute atomic E-state index is 0.00256. The molecule has 0 radical (unpaired) electrons. The first-order valence-electron chi connectivity index (χ1n) is 32.2. The number of carbonyl (C=O) groups excluding carboxylic acids is 3. The van der Waals surface area contributed by atoms with Gasteiger partial charge in [0, 0.05) is 19.3 Å². The zero-order valence-electron chi connectivity index (χ0n) is 51.6. The third kappa shape index (κ3) is 46.9. The molecule has 1 aliphatic heterocycles. The zero-order chi connectivity index (χ0) is 60.3. The Kier molecular flexibility index (Phi) is 52.4. The van der Waals surface area contributed by atoms with Gasteiger partial charge in [0.1, 0.15) is 18.8 Å². The molecule has 1 rings (SSSR count). The number of hydrogen-bond donors (Lipinski definition) is 3. The van der Waals surface area contributed by atoms with Crippen molar-refractivity contribution in [2.75, 3.05) is 13.2 Å². The maximum absolute atomic E-state index is 13.2. The lowest BCUT2D eigenvalue weighted by atomic mass is 9.98. The Morgan fingerprint density at radius 3 is 1.19 bits per heavy atom. The summed E-state index contributed by atoms with van der Waals surface area (Å²) in [4.78, 5) is 51.3. The molecule has 6 atom stereocenters. The fraction of sp³-hybridized carbons (Fsp3) is 0.634. The van der Waals surface area contributed by atoms with Gasteiger partial charge in [0.2, 0.25) is 0 Å². The van der Waals surface area contributed by atoms with Crippen LogP contribution in [0.25, 0.3) is 0 Å². The Morgan fingerprint density at radius 2 is 0.759 bits per heavy atom. The predicted octanol–water partition coefficient (Wildman–Crippen LogP) is 17.3. The summed E-state index contributed by atoms with van der Waals surface area (Å²) < 4.78 is 28.4. The van der Waals surface area contributed by atoms with E-state index in [1.165, 1.54) is 51.4 Å². The van der Waals surface area contributed by atoms with Crippen LogP contribution < -0.4 is 0 Å². The number of allylic oxidation sites excluding steroid dienone is 22. The van der Waals surface area contributed by atoms with Crippen molar-refractivity contribution in [3.8, 4) is 0 Å². The van der Waals surface area contributed by atoms with Gasteiger partial charge in [-0.05, 0) is 135 Å². The summed E-state index contributed by atoms with van der Waals surface area (Å²) in [5.41, 5.74) is 0. The van der Waals surface area contributed by atoms with E-state index in [-0.39, 0.29) is 25.9 Å². The van der Waals surface area contributed by atoms with E-state index in [4.69, 9.17) is 23.7 Å². The molecule has 3 N–H and O–H groups in total. The predicted molar refractivity (Wildman–Crippen MR) is 340 cm³/mol. The zero-order valence-corrected chi connectivity index (χ0v) is 51.6. The third-order valence-electron chi connectivity index (χ3n) is 13.7. The SMILES string of the molecule is CC/C=C\C/C=C\C/C=C\C/C=C\C/C=C\CCCCCC(=O)OCC(COC1OC(C(=O)O)C(O)C(O)C1OC(=O)CCCC/C=C\C/C=C\C/C=C\C/C=C\CC)OC(=O)CCCCCCCCCCC/C=C\C/C=C\CCCCC. The van der Waals surface area contributed by atoms with Gasteiger partial charge in [-0.3, -0.25) is 14.4 Å². The molecule has 0 amide bonds. The summed E-state index contributed by atoms with van der Waals surface area (Å²) >= 11 is 0. The molecule has 0 aromatic carbocycles. The number of hydrogen-bond acceptors (Lipinski definition) is 11. The molecule has 0 aliphatic carbocycles. The molecule has 83 heavy (non-hydrogen) atoms. The quantitative estimate of drug-likeness (QED) is 0.0228. The maximum atomic E-state index is 13.2. The smallest absolute Gasteiger partial charge is 0.335 e. The highest BCUT2D eigenvalue weighted by molar-refractivity contribution is 5.74. The van der Waals surface area contributed by atoms with Crippen LogP contribution in [0.4, 0.5) is 0 Å². The number of ether oxygens (including phenoxy) is 5. The number of esters is 3. The first-order valence-corrected chi connectivity index (χ1v) is 32.2. The summed E-state index contributed by atoms with van der Waals surface area (Å²) in [5, 5.41) is 31.6. The number of unbranched alkanes of at least 4 members (excludes halogenated alkanes) is 17. The van der Waals surface area contributed by atoms with Crippen molar-refractivity contribution < 1.29 is 58.2 Å². The number of aliphatic hydroxyl groups excluding tert-OH is 2. The molecule has 1 aliphatic rings. The minimum atomic E-state index is -1.93. The first kappa shape index (κ1) is 75.9. The Labute approximate surface area is 502 Å². The van der Waals surface area contributed by atoms with Crippen LogP contribution in [0.15, 0.2) is 134 Å². The summed E-state index contributed by atoms with van der Waals surface area (Å²) in [6, 6.07) is 0. The lowest BCUT2D eigenvalue weighted by Gasteiger charge is -2.40. The second-order valence-corrected chi connectivity index (χ2v) is 21.3. The van der Waals surface area contributed by atoms with Crippen molar-refractivity contribution in [1.82, 2.24) is 0 Å². The molecule has 1 saturated heterocycles. The van der Waals surface area contributed by atoms with Crippen LogP contribution >= 0.6 is 0 Å². The molecule has 1 fully saturated rings. The highest BCUT2D eigenvalue weighted by Gasteiger charge is 2.50. The van der Waals surface area contributed by atoms with Gasteiger partial charge >= 0.3 is 23.9 Å². The molecular weight excluding hydrogens is 1040 g/mol. The van der Waals surface area contributed by atoms with Crippen molar-refractivity contribution in [3.63, 3.8) is 0 Å². The van der Waals surface area contributed by atoms with E-state index in [1.807, 2.05) is 0 Å². The monoisotopic (exact) mass is 1160 g/mol. The Balaban J connectivity index is 2.72. The van der Waals surface area contributed by atoms with E-state index in [9.17, 15) is 34.5 Å². The van der Waals surface area contributed by atoms with Gasteiger partial charge in [0.15, 0.2) is 24.6 Å². The number of carboxylic acids is 1. The van der Waals surface area contributed by atoms with Crippen molar-refractivity contribution >= 4 is 23.9 Å². The van der Waals surface area contributed by atoms with Gasteiger partial charge < -0.3 is 39.0 Å². The van der Waals surface area contributed by atoms with Crippen molar-refractivity contribution in [2.24, 2.45) is 0 Å². The molecule has 12 nitrogen and oxygen atoms in total. The Bertz CT molecular complexity index is 1950. The maximum Gasteiger partial charge on any atom is 0.335 e. The molecule has 0 aromatic heterocycles. The number of aliphatic hydroxyl groups is 2. The van der Waals surface area contributed by atoms with Gasteiger partial charge in [-0.1, -0.05) is 219 Å². The molecule has 0 bridgehead atoms. The third-order valence-corrected chi connectivity index (χ3v) is 13.7. The molecule has 0 aromatic rings. The molecule has 12 heteroatoms. The average Bonchev–Trinajstić information content (AvgIpc) is 3.58. The van der Waals surface area contributed by atoms with Crippen LogP contribution in [0.3, 0.4) is 0 Å². The van der Waals surface area contributed by atoms with E-state index >= 15 is 0 Å². The Morgan fingerprint density at radius 1 is 0.410 bits per heavy atom.